The molecule has 7 nitrogen and oxygen atoms in total. The summed E-state index contributed by atoms with van der Waals surface area (Å²) in [6.45, 7) is 5.15. The first-order valence-electron chi connectivity index (χ1n) is 8.58. The lowest BCUT2D eigenvalue weighted by Crippen LogP contribution is -2.32. The molecule has 0 atom stereocenters. The van der Waals surface area contributed by atoms with Crippen LogP contribution in [-0.4, -0.2) is 23.1 Å². The van der Waals surface area contributed by atoms with Gasteiger partial charge in [0.15, 0.2) is 11.4 Å². The molecule has 1 heterocycles. The molecule has 0 bridgehead atoms. The molecule has 28 heavy (non-hydrogen) atoms. The molecule has 2 aromatic carbocycles. The van der Waals surface area contributed by atoms with E-state index in [1.54, 1.807) is 39.0 Å². The van der Waals surface area contributed by atoms with Crippen molar-refractivity contribution in [1.82, 2.24) is 10.5 Å². The van der Waals surface area contributed by atoms with Gasteiger partial charge in [-0.2, -0.15) is 0 Å². The van der Waals surface area contributed by atoms with Gasteiger partial charge >= 0.3 is 6.09 Å². The van der Waals surface area contributed by atoms with Gasteiger partial charge in [0.25, 0.3) is 0 Å². The Hall–Kier alpha value is -3.42. The number of aromatic nitrogens is 1. The van der Waals surface area contributed by atoms with Gasteiger partial charge in [0.2, 0.25) is 0 Å². The zero-order valence-corrected chi connectivity index (χ0v) is 15.7. The lowest BCUT2D eigenvalue weighted by Gasteiger charge is -2.19. The average molecular weight is 385 g/mol. The number of benzene rings is 2. The number of carbonyl (C=O) groups is 2. The van der Waals surface area contributed by atoms with Gasteiger partial charge in [-0.1, -0.05) is 23.4 Å². The van der Waals surface area contributed by atoms with Crippen molar-refractivity contribution in [1.29, 1.82) is 0 Å². The molecule has 0 aliphatic carbocycles. The molecule has 0 unspecified atom stereocenters. The number of rotatable bonds is 4. The molecular formula is C20H20FN3O4. The second-order valence-electron chi connectivity index (χ2n) is 7.26. The fourth-order valence-corrected chi connectivity index (χ4v) is 2.76. The van der Waals surface area contributed by atoms with E-state index < -0.39 is 17.5 Å². The van der Waals surface area contributed by atoms with Crippen LogP contribution in [0.3, 0.4) is 0 Å². The number of hydrogen-bond acceptors (Lipinski definition) is 6. The highest BCUT2D eigenvalue weighted by Gasteiger charge is 2.19. The predicted molar refractivity (Wildman–Crippen MR) is 102 cm³/mol. The lowest BCUT2D eigenvalue weighted by atomic mass is 9.98. The number of hydrogen-bond donors (Lipinski definition) is 2. The van der Waals surface area contributed by atoms with E-state index >= 15 is 4.39 Å². The molecule has 0 spiro atoms. The predicted octanol–water partition coefficient (Wildman–Crippen LogP) is 4.05. The number of nitrogens with one attached hydrogen (secondary N) is 1. The smallest absolute Gasteiger partial charge is 0.407 e. The van der Waals surface area contributed by atoms with Crippen molar-refractivity contribution in [3.8, 4) is 11.1 Å². The van der Waals surface area contributed by atoms with Crippen LogP contribution in [0, 0.1) is 5.82 Å². The molecule has 146 valence electrons. The Morgan fingerprint density at radius 2 is 2.07 bits per heavy atom. The third kappa shape index (κ3) is 3.95. The number of nitrogen functional groups attached to an aromatic ring is 1. The zero-order chi connectivity index (χ0) is 20.5. The molecule has 3 rings (SSSR count). The van der Waals surface area contributed by atoms with Gasteiger partial charge < -0.3 is 20.3 Å². The molecule has 0 aliphatic rings. The summed E-state index contributed by atoms with van der Waals surface area (Å²) in [5, 5.41) is 6.65. The van der Waals surface area contributed by atoms with Crippen LogP contribution >= 0.6 is 0 Å². The quantitative estimate of drug-likeness (QED) is 0.656. The van der Waals surface area contributed by atoms with Crippen molar-refractivity contribution in [3.05, 3.63) is 47.3 Å². The number of fused-ring (bicyclic) bond motifs is 1. The molecular weight excluding hydrogens is 365 g/mol. The van der Waals surface area contributed by atoms with Gasteiger partial charge in [0.1, 0.15) is 17.7 Å². The van der Waals surface area contributed by atoms with Crippen LogP contribution in [0.2, 0.25) is 0 Å². The lowest BCUT2D eigenvalue weighted by molar-refractivity contribution is 0.0523. The minimum atomic E-state index is -0.655. The molecule has 0 fully saturated rings. The summed E-state index contributed by atoms with van der Waals surface area (Å²) in [5.41, 5.74) is 6.51. The summed E-state index contributed by atoms with van der Waals surface area (Å²) in [5.74, 6) is -0.444. The van der Waals surface area contributed by atoms with Crippen LogP contribution in [0.1, 0.15) is 36.7 Å². The highest BCUT2D eigenvalue weighted by Crippen LogP contribution is 2.34. The maximum atomic E-state index is 15.1. The van der Waals surface area contributed by atoms with Gasteiger partial charge in [-0.3, -0.25) is 4.79 Å². The molecule has 3 aromatic rings. The zero-order valence-electron chi connectivity index (χ0n) is 15.7. The SMILES string of the molecule is CC(C)(C)OC(=O)NCc1cccc(-c2cc(C=O)cc3c(N)noc23)c1F. The van der Waals surface area contributed by atoms with Gasteiger partial charge in [-0.15, -0.1) is 0 Å². The second-order valence-corrected chi connectivity index (χ2v) is 7.26. The molecule has 8 heteroatoms. The van der Waals surface area contributed by atoms with E-state index in [1.807, 2.05) is 0 Å². The second kappa shape index (κ2) is 7.30. The minimum Gasteiger partial charge on any atom is -0.444 e. The summed E-state index contributed by atoms with van der Waals surface area (Å²) in [4.78, 5) is 23.1. The summed E-state index contributed by atoms with van der Waals surface area (Å²) in [6, 6.07) is 7.77. The van der Waals surface area contributed by atoms with E-state index in [1.165, 1.54) is 12.1 Å². The molecule has 0 saturated carbocycles. The molecule has 1 amide bonds. The van der Waals surface area contributed by atoms with Gasteiger partial charge in [-0.25, -0.2) is 9.18 Å². The number of anilines is 1. The van der Waals surface area contributed by atoms with E-state index in [0.717, 1.165) is 0 Å². The molecule has 0 aliphatic heterocycles. The standard InChI is InChI=1S/C20H20FN3O4/c1-20(2,3)27-19(26)23-9-12-5-4-6-13(16(12)21)14-7-11(10-25)8-15-17(14)28-24-18(15)22/h4-8,10H,9H2,1-3H3,(H2,22,24)(H,23,26). The van der Waals surface area contributed by atoms with Crippen LogP contribution in [0.15, 0.2) is 34.9 Å². The number of ether oxygens (including phenoxy) is 1. The first kappa shape index (κ1) is 19.3. The third-order valence-corrected chi connectivity index (χ3v) is 3.95. The van der Waals surface area contributed by atoms with Crippen molar-refractivity contribution in [2.45, 2.75) is 32.9 Å². The van der Waals surface area contributed by atoms with Crippen molar-refractivity contribution in [3.63, 3.8) is 0 Å². The summed E-state index contributed by atoms with van der Waals surface area (Å²) in [6.07, 6.45) is -0.00747. The van der Waals surface area contributed by atoms with Crippen LogP contribution in [0.5, 0.6) is 0 Å². The summed E-state index contributed by atoms with van der Waals surface area (Å²) >= 11 is 0. The number of halogens is 1. The largest absolute Gasteiger partial charge is 0.444 e. The molecule has 3 N–H and O–H groups in total. The van der Waals surface area contributed by atoms with Gasteiger partial charge in [0, 0.05) is 28.8 Å². The molecule has 1 aromatic heterocycles. The first-order chi connectivity index (χ1) is 13.2. The van der Waals surface area contributed by atoms with Crippen molar-refractivity contribution in [2.24, 2.45) is 0 Å². The van der Waals surface area contributed by atoms with E-state index in [4.69, 9.17) is 15.0 Å². The third-order valence-electron chi connectivity index (χ3n) is 3.95. The average Bonchev–Trinajstić information content (AvgIpc) is 3.00. The Kier molecular flexibility index (Phi) is 5.04. The first-order valence-corrected chi connectivity index (χ1v) is 8.58. The Bertz CT molecular complexity index is 1050. The number of aldehydes is 1. The maximum Gasteiger partial charge on any atom is 0.407 e. The fourth-order valence-electron chi connectivity index (χ4n) is 2.76. The van der Waals surface area contributed by atoms with Crippen LogP contribution < -0.4 is 11.1 Å². The van der Waals surface area contributed by atoms with Crippen molar-refractivity contribution >= 4 is 29.2 Å². The Morgan fingerprint density at radius 3 is 2.75 bits per heavy atom. The Balaban J connectivity index is 1.97. The number of nitrogens with zero attached hydrogens (tertiary/aromatic N) is 1. The Labute approximate surface area is 160 Å². The van der Waals surface area contributed by atoms with E-state index in [2.05, 4.69) is 10.5 Å². The van der Waals surface area contributed by atoms with Crippen molar-refractivity contribution in [2.75, 3.05) is 5.73 Å². The highest BCUT2D eigenvalue weighted by molar-refractivity contribution is 6.01. The minimum absolute atomic E-state index is 0.0658. The summed E-state index contributed by atoms with van der Waals surface area (Å²) in [7, 11) is 0. The van der Waals surface area contributed by atoms with E-state index in [9.17, 15) is 9.59 Å². The number of alkyl carbamates (subject to hydrolysis) is 1. The number of amides is 1. The van der Waals surface area contributed by atoms with E-state index in [-0.39, 0.29) is 29.1 Å². The highest BCUT2D eigenvalue weighted by atomic mass is 19.1. The van der Waals surface area contributed by atoms with Crippen LogP contribution in [0.4, 0.5) is 15.0 Å². The van der Waals surface area contributed by atoms with Crippen LogP contribution in [-0.2, 0) is 11.3 Å². The summed E-state index contributed by atoms with van der Waals surface area (Å²) < 4.78 is 25.5. The van der Waals surface area contributed by atoms with E-state index in [0.29, 0.717) is 22.8 Å². The van der Waals surface area contributed by atoms with Gasteiger partial charge in [-0.05, 0) is 32.9 Å². The topological polar surface area (TPSA) is 107 Å². The maximum absolute atomic E-state index is 15.1. The number of carbonyl (C=O) groups excluding carboxylic acids is 2. The number of nitrogens with two attached hydrogens (primary N) is 1. The van der Waals surface area contributed by atoms with Crippen LogP contribution in [0.25, 0.3) is 22.1 Å². The molecule has 0 saturated heterocycles. The fraction of sp³-hybridized carbons (Fsp3) is 0.250. The Morgan fingerprint density at radius 1 is 1.32 bits per heavy atom. The monoisotopic (exact) mass is 385 g/mol. The molecule has 0 radical (unpaired) electrons. The van der Waals surface area contributed by atoms with Crippen molar-refractivity contribution < 1.29 is 23.2 Å². The van der Waals surface area contributed by atoms with Gasteiger partial charge in [0.05, 0.1) is 5.39 Å². The normalized spacial score (nSPS) is 11.4.